The first-order chi connectivity index (χ1) is 14.2. The number of carboxylic acids is 1. The van der Waals surface area contributed by atoms with Gasteiger partial charge in [0.2, 0.25) is 0 Å². The molecule has 1 aliphatic carbocycles. The van der Waals surface area contributed by atoms with E-state index in [-0.39, 0.29) is 16.4 Å². The van der Waals surface area contributed by atoms with Crippen LogP contribution < -0.4 is 4.90 Å². The van der Waals surface area contributed by atoms with E-state index in [9.17, 15) is 9.90 Å². The highest BCUT2D eigenvalue weighted by atomic mass is 32.1. The first kappa shape index (κ1) is 19.2. The number of benzene rings is 1. The average Bonchev–Trinajstić information content (AvgIpc) is 3.13. The van der Waals surface area contributed by atoms with Crippen molar-refractivity contribution in [1.82, 2.24) is 9.97 Å². The largest absolute Gasteiger partial charge is 0.478 e. The number of rotatable bonds is 2. The number of pyridine rings is 1. The number of aromatic nitrogens is 2. The van der Waals surface area contributed by atoms with E-state index in [1.54, 1.807) is 23.5 Å². The number of nitrogens with zero attached hydrogens (tertiary/aromatic N) is 3. The molecule has 0 atom stereocenters. The van der Waals surface area contributed by atoms with Crippen molar-refractivity contribution in [1.29, 1.82) is 0 Å². The molecule has 2 aliphatic rings. The van der Waals surface area contributed by atoms with Crippen molar-refractivity contribution in [3.05, 3.63) is 58.1 Å². The molecule has 6 heteroatoms. The molecule has 1 N–H and O–H groups in total. The van der Waals surface area contributed by atoms with Gasteiger partial charge in [-0.2, -0.15) is 0 Å². The van der Waals surface area contributed by atoms with Gasteiger partial charge in [-0.15, -0.1) is 11.3 Å². The van der Waals surface area contributed by atoms with E-state index in [2.05, 4.69) is 32.6 Å². The van der Waals surface area contributed by atoms with Crippen LogP contribution in [-0.4, -0.2) is 21.0 Å². The SMILES string of the molecule is CC1(C)CCC(C)(C)c2sc(N3Cc4ccccc4-c4nc3ccc4C(=O)O)nc21. The predicted octanol–water partition coefficient (Wildman–Crippen LogP) is 5.90. The Hall–Kier alpha value is -2.73. The van der Waals surface area contributed by atoms with Gasteiger partial charge in [0.1, 0.15) is 5.82 Å². The second kappa shape index (κ2) is 6.38. The third kappa shape index (κ3) is 2.85. The lowest BCUT2D eigenvalue weighted by Gasteiger charge is -2.37. The molecular weight excluding hydrogens is 394 g/mol. The maximum absolute atomic E-state index is 11.8. The lowest BCUT2D eigenvalue weighted by Crippen LogP contribution is -2.32. The Kier molecular flexibility index (Phi) is 4.09. The Morgan fingerprint density at radius 3 is 2.50 bits per heavy atom. The van der Waals surface area contributed by atoms with Gasteiger partial charge in [-0.1, -0.05) is 52.0 Å². The third-order valence-electron chi connectivity index (χ3n) is 6.47. The minimum Gasteiger partial charge on any atom is -0.478 e. The maximum Gasteiger partial charge on any atom is 0.337 e. The monoisotopic (exact) mass is 419 g/mol. The first-order valence-corrected chi connectivity index (χ1v) is 11.1. The van der Waals surface area contributed by atoms with Crippen molar-refractivity contribution in [3.63, 3.8) is 0 Å². The first-order valence-electron chi connectivity index (χ1n) is 10.3. The number of aromatic carboxylic acids is 1. The molecule has 0 spiro atoms. The normalized spacial score (nSPS) is 18.3. The van der Waals surface area contributed by atoms with Crippen LogP contribution in [0.4, 0.5) is 10.9 Å². The summed E-state index contributed by atoms with van der Waals surface area (Å²) in [5, 5.41) is 10.6. The molecule has 5 nitrogen and oxygen atoms in total. The number of hydrogen-bond donors (Lipinski definition) is 1. The van der Waals surface area contributed by atoms with Crippen LogP contribution in [0.1, 0.15) is 67.0 Å². The molecule has 0 saturated carbocycles. The van der Waals surface area contributed by atoms with Crippen molar-refractivity contribution in [3.8, 4) is 11.3 Å². The molecule has 0 saturated heterocycles. The standard InChI is InChI=1S/C24H25N3O2S/c1-23(2)11-12-24(3,4)20-19(23)26-22(30-20)27-13-14-7-5-6-8-15(14)18-16(21(28)29)9-10-17(27)25-18/h5-10H,11-13H2,1-4H3,(H,28,29). The molecule has 1 aliphatic heterocycles. The summed E-state index contributed by atoms with van der Waals surface area (Å²) < 4.78 is 0. The highest BCUT2D eigenvalue weighted by molar-refractivity contribution is 7.16. The average molecular weight is 420 g/mol. The van der Waals surface area contributed by atoms with Crippen LogP contribution >= 0.6 is 11.3 Å². The summed E-state index contributed by atoms with van der Waals surface area (Å²) in [5.41, 5.74) is 4.04. The van der Waals surface area contributed by atoms with Crippen LogP contribution in [0.5, 0.6) is 0 Å². The zero-order valence-electron chi connectivity index (χ0n) is 17.7. The maximum atomic E-state index is 11.8. The van der Waals surface area contributed by atoms with Crippen LogP contribution in [0.25, 0.3) is 11.3 Å². The zero-order valence-corrected chi connectivity index (χ0v) is 18.5. The van der Waals surface area contributed by atoms with Gasteiger partial charge in [0.15, 0.2) is 5.13 Å². The summed E-state index contributed by atoms with van der Waals surface area (Å²) in [6.45, 7) is 9.78. The lowest BCUT2D eigenvalue weighted by atomic mass is 9.69. The van der Waals surface area contributed by atoms with Crippen molar-refractivity contribution >= 4 is 28.3 Å². The third-order valence-corrected chi connectivity index (χ3v) is 7.91. The highest BCUT2D eigenvalue weighted by Gasteiger charge is 2.41. The summed E-state index contributed by atoms with van der Waals surface area (Å²) in [5.74, 6) is -0.214. The topological polar surface area (TPSA) is 66.3 Å². The Labute approximate surface area is 180 Å². The van der Waals surface area contributed by atoms with Crippen molar-refractivity contribution in [2.75, 3.05) is 4.90 Å². The second-order valence-corrected chi connectivity index (χ2v) is 10.5. The minimum absolute atomic E-state index is 0.0507. The Bertz CT molecular complexity index is 1150. The molecule has 2 bridgehead atoms. The molecule has 3 aromatic rings. The Balaban J connectivity index is 1.70. The van der Waals surface area contributed by atoms with Crippen LogP contribution in [0.15, 0.2) is 36.4 Å². The van der Waals surface area contributed by atoms with Crippen molar-refractivity contribution in [2.24, 2.45) is 0 Å². The molecular formula is C24H25N3O2S. The quantitative estimate of drug-likeness (QED) is 0.560. The van der Waals surface area contributed by atoms with E-state index in [4.69, 9.17) is 9.97 Å². The van der Waals surface area contributed by atoms with Gasteiger partial charge < -0.3 is 5.11 Å². The minimum atomic E-state index is -0.958. The van der Waals surface area contributed by atoms with Gasteiger partial charge in [-0.3, -0.25) is 4.90 Å². The molecule has 1 aromatic carbocycles. The summed E-state index contributed by atoms with van der Waals surface area (Å²) in [6, 6.07) is 11.4. The second-order valence-electron chi connectivity index (χ2n) is 9.56. The van der Waals surface area contributed by atoms with E-state index in [1.165, 1.54) is 10.6 Å². The molecule has 5 rings (SSSR count). The van der Waals surface area contributed by atoms with Gasteiger partial charge in [-0.25, -0.2) is 14.8 Å². The van der Waals surface area contributed by atoms with E-state index in [1.807, 2.05) is 24.3 Å². The molecule has 3 heterocycles. The fraction of sp³-hybridized carbons (Fsp3) is 0.375. The van der Waals surface area contributed by atoms with Gasteiger partial charge >= 0.3 is 5.97 Å². The van der Waals surface area contributed by atoms with Crippen molar-refractivity contribution < 1.29 is 9.90 Å². The summed E-state index contributed by atoms with van der Waals surface area (Å²) >= 11 is 1.75. The summed E-state index contributed by atoms with van der Waals surface area (Å²) in [6.07, 6.45) is 2.27. The fourth-order valence-corrected chi connectivity index (χ4v) is 5.87. The fourth-order valence-electron chi connectivity index (χ4n) is 4.48. The number of carboxylic acid groups (broad SMARTS) is 1. The van der Waals surface area contributed by atoms with E-state index < -0.39 is 5.97 Å². The van der Waals surface area contributed by atoms with Gasteiger partial charge in [0.25, 0.3) is 0 Å². The van der Waals surface area contributed by atoms with Crippen LogP contribution in [-0.2, 0) is 17.4 Å². The number of anilines is 2. The smallest absolute Gasteiger partial charge is 0.337 e. The van der Waals surface area contributed by atoms with E-state index in [0.29, 0.717) is 12.2 Å². The number of hydrogen-bond acceptors (Lipinski definition) is 5. The van der Waals surface area contributed by atoms with Crippen LogP contribution in [0, 0.1) is 0 Å². The summed E-state index contributed by atoms with van der Waals surface area (Å²) in [7, 11) is 0. The molecule has 154 valence electrons. The Morgan fingerprint density at radius 1 is 1.03 bits per heavy atom. The molecule has 30 heavy (non-hydrogen) atoms. The van der Waals surface area contributed by atoms with E-state index in [0.717, 1.165) is 34.9 Å². The van der Waals surface area contributed by atoms with Crippen molar-refractivity contribution in [2.45, 2.75) is 57.9 Å². The van der Waals surface area contributed by atoms with Crippen LogP contribution in [0.3, 0.4) is 0 Å². The molecule has 0 unspecified atom stereocenters. The molecule has 2 aromatic heterocycles. The zero-order chi connectivity index (χ0) is 21.3. The lowest BCUT2D eigenvalue weighted by molar-refractivity contribution is 0.0697. The molecule has 0 amide bonds. The highest BCUT2D eigenvalue weighted by Crippen LogP contribution is 2.50. The van der Waals surface area contributed by atoms with Gasteiger partial charge in [0, 0.05) is 21.3 Å². The Morgan fingerprint density at radius 2 is 1.77 bits per heavy atom. The van der Waals surface area contributed by atoms with Gasteiger partial charge in [0.05, 0.1) is 23.5 Å². The molecule has 0 radical (unpaired) electrons. The number of thiazole rings is 1. The van der Waals surface area contributed by atoms with E-state index >= 15 is 0 Å². The summed E-state index contributed by atoms with van der Waals surface area (Å²) in [4.78, 5) is 25.2. The number of carbonyl (C=O) groups is 1. The molecule has 0 fully saturated rings. The van der Waals surface area contributed by atoms with Gasteiger partial charge in [-0.05, 0) is 30.5 Å². The van der Waals surface area contributed by atoms with Crippen LogP contribution in [0.2, 0.25) is 0 Å². The number of fused-ring (bicyclic) bond motifs is 5. The predicted molar refractivity (Wildman–Crippen MR) is 120 cm³/mol.